The number of nitrogens with zero attached hydrogens (tertiary/aromatic N) is 2. The van der Waals surface area contributed by atoms with Crippen LogP contribution in [0.3, 0.4) is 0 Å². The molecule has 0 aliphatic heterocycles. The highest BCUT2D eigenvalue weighted by Gasteiger charge is 2.36. The number of benzene rings is 1. The Hall–Kier alpha value is -2.03. The van der Waals surface area contributed by atoms with Gasteiger partial charge in [-0.15, -0.1) is 11.3 Å². The topological polar surface area (TPSA) is 76.6 Å². The van der Waals surface area contributed by atoms with Crippen molar-refractivity contribution < 1.29 is 17.9 Å². The quantitative estimate of drug-likeness (QED) is 0.693. The monoisotopic (exact) mass is 378 g/mol. The third-order valence-corrected chi connectivity index (χ3v) is 6.14. The van der Waals surface area contributed by atoms with Crippen molar-refractivity contribution in [1.82, 2.24) is 9.29 Å². The van der Waals surface area contributed by atoms with Crippen LogP contribution in [-0.2, 0) is 21.3 Å². The van der Waals surface area contributed by atoms with E-state index in [4.69, 9.17) is 0 Å². The molecule has 0 amide bonds. The van der Waals surface area contributed by atoms with Crippen molar-refractivity contribution in [3.63, 3.8) is 0 Å². The van der Waals surface area contributed by atoms with E-state index in [0.29, 0.717) is 5.01 Å². The fraction of sp³-hybridized carbons (Fsp3) is 0.294. The van der Waals surface area contributed by atoms with E-state index in [2.05, 4.69) is 9.72 Å². The number of sulfonamides is 1. The highest BCUT2D eigenvalue weighted by molar-refractivity contribution is 7.92. The van der Waals surface area contributed by atoms with Crippen LogP contribution in [-0.4, -0.2) is 36.8 Å². The smallest absolute Gasteiger partial charge is 0.357 e. The minimum atomic E-state index is -3.57. The van der Waals surface area contributed by atoms with Gasteiger partial charge in [0.05, 0.1) is 13.7 Å². The number of carbonyl (C=O) groups is 1. The standard InChI is InChI=1S/C17H18N2O4S2/c1-23-17(20)15-12-24-16(18-15)11-19(14-7-8-14)25(21,22)10-9-13-5-3-2-4-6-13/h2-6,9-10,12,14H,7-8,11H2,1H3/b10-9+. The molecular weight excluding hydrogens is 360 g/mol. The molecule has 1 fully saturated rings. The van der Waals surface area contributed by atoms with Crippen molar-refractivity contribution >= 4 is 33.4 Å². The average molecular weight is 378 g/mol. The highest BCUT2D eigenvalue weighted by Crippen LogP contribution is 2.32. The molecule has 2 aromatic rings. The van der Waals surface area contributed by atoms with Crippen molar-refractivity contribution in [1.29, 1.82) is 0 Å². The van der Waals surface area contributed by atoms with E-state index in [9.17, 15) is 13.2 Å². The number of carbonyl (C=O) groups excluding carboxylic acids is 1. The summed E-state index contributed by atoms with van der Waals surface area (Å²) in [6, 6.07) is 9.28. The molecule has 1 saturated carbocycles. The second kappa shape index (κ2) is 7.47. The van der Waals surface area contributed by atoms with Crippen LogP contribution in [0, 0.1) is 0 Å². The predicted molar refractivity (Wildman–Crippen MR) is 96.4 cm³/mol. The number of ether oxygens (including phenoxy) is 1. The van der Waals surface area contributed by atoms with Gasteiger partial charge in [-0.1, -0.05) is 30.3 Å². The van der Waals surface area contributed by atoms with Crippen LogP contribution in [0.5, 0.6) is 0 Å². The van der Waals surface area contributed by atoms with Gasteiger partial charge in [0.25, 0.3) is 0 Å². The normalized spacial score (nSPS) is 15.0. The Morgan fingerprint density at radius 2 is 2.08 bits per heavy atom. The maximum atomic E-state index is 12.7. The Bertz CT molecular complexity index is 871. The van der Waals surface area contributed by atoms with Gasteiger partial charge in [-0.2, -0.15) is 4.31 Å². The van der Waals surface area contributed by atoms with Gasteiger partial charge in [0.15, 0.2) is 5.69 Å². The molecule has 1 aromatic heterocycles. The van der Waals surface area contributed by atoms with Crippen LogP contribution < -0.4 is 0 Å². The lowest BCUT2D eigenvalue weighted by Gasteiger charge is -2.18. The van der Waals surface area contributed by atoms with Crippen LogP contribution in [0.25, 0.3) is 6.08 Å². The van der Waals surface area contributed by atoms with Crippen molar-refractivity contribution in [2.75, 3.05) is 7.11 Å². The summed E-state index contributed by atoms with van der Waals surface area (Å²) in [5.41, 5.74) is 1.03. The van der Waals surface area contributed by atoms with E-state index in [-0.39, 0.29) is 18.3 Å². The molecule has 0 unspecified atom stereocenters. The first-order valence-corrected chi connectivity index (χ1v) is 10.2. The molecule has 25 heavy (non-hydrogen) atoms. The Morgan fingerprint density at radius 1 is 1.36 bits per heavy atom. The largest absolute Gasteiger partial charge is 0.464 e. The maximum Gasteiger partial charge on any atom is 0.357 e. The van der Waals surface area contributed by atoms with Gasteiger partial charge < -0.3 is 4.74 Å². The van der Waals surface area contributed by atoms with Gasteiger partial charge in [0.2, 0.25) is 10.0 Å². The molecular formula is C17H18N2O4S2. The number of hydrogen-bond donors (Lipinski definition) is 0. The summed E-state index contributed by atoms with van der Waals surface area (Å²) < 4.78 is 31.5. The number of methoxy groups -OCH3 is 1. The third-order valence-electron chi connectivity index (χ3n) is 3.75. The van der Waals surface area contributed by atoms with E-state index >= 15 is 0 Å². The van der Waals surface area contributed by atoms with Gasteiger partial charge >= 0.3 is 5.97 Å². The van der Waals surface area contributed by atoms with Crippen molar-refractivity contribution in [3.05, 3.63) is 57.4 Å². The lowest BCUT2D eigenvalue weighted by molar-refractivity contribution is 0.0594. The summed E-state index contributed by atoms with van der Waals surface area (Å²) in [7, 11) is -2.28. The Labute approximate surface area is 150 Å². The second-order valence-electron chi connectivity index (χ2n) is 5.65. The zero-order valence-corrected chi connectivity index (χ0v) is 15.3. The lowest BCUT2D eigenvalue weighted by atomic mass is 10.2. The molecule has 1 aromatic carbocycles. The van der Waals surface area contributed by atoms with Crippen molar-refractivity contribution in [2.45, 2.75) is 25.4 Å². The van der Waals surface area contributed by atoms with E-state index < -0.39 is 16.0 Å². The van der Waals surface area contributed by atoms with E-state index in [1.165, 1.54) is 28.2 Å². The second-order valence-corrected chi connectivity index (χ2v) is 8.37. The molecule has 0 bridgehead atoms. The van der Waals surface area contributed by atoms with Crippen molar-refractivity contribution in [3.8, 4) is 0 Å². The number of thiazole rings is 1. The summed E-state index contributed by atoms with van der Waals surface area (Å²) in [6.07, 6.45) is 3.27. The minimum Gasteiger partial charge on any atom is -0.464 e. The van der Waals surface area contributed by atoms with E-state index in [0.717, 1.165) is 18.4 Å². The maximum absolute atomic E-state index is 12.7. The fourth-order valence-electron chi connectivity index (χ4n) is 2.31. The molecule has 1 heterocycles. The summed E-state index contributed by atoms with van der Waals surface area (Å²) in [5.74, 6) is -0.521. The Morgan fingerprint density at radius 3 is 2.72 bits per heavy atom. The van der Waals surface area contributed by atoms with Gasteiger partial charge in [0.1, 0.15) is 5.01 Å². The first kappa shape index (κ1) is 17.8. The predicted octanol–water partition coefficient (Wildman–Crippen LogP) is 2.89. The molecule has 3 rings (SSSR count). The van der Waals surface area contributed by atoms with E-state index in [1.807, 2.05) is 30.3 Å². The summed E-state index contributed by atoms with van der Waals surface area (Å²) in [6.45, 7) is 0.161. The van der Waals surface area contributed by atoms with Gasteiger partial charge in [-0.05, 0) is 24.5 Å². The molecule has 1 aliphatic carbocycles. The Kier molecular flexibility index (Phi) is 5.31. The van der Waals surface area contributed by atoms with E-state index in [1.54, 1.807) is 11.5 Å². The first-order chi connectivity index (χ1) is 12.0. The number of rotatable bonds is 7. The molecule has 0 saturated heterocycles. The van der Waals surface area contributed by atoms with Crippen LogP contribution in [0.15, 0.2) is 41.1 Å². The molecule has 8 heteroatoms. The average Bonchev–Trinajstić information content (AvgIpc) is 3.35. The summed E-state index contributed by atoms with van der Waals surface area (Å²) >= 11 is 1.26. The molecule has 0 spiro atoms. The third kappa shape index (κ3) is 4.53. The lowest BCUT2D eigenvalue weighted by Crippen LogP contribution is -2.31. The first-order valence-electron chi connectivity index (χ1n) is 7.77. The van der Waals surface area contributed by atoms with Crippen molar-refractivity contribution in [2.24, 2.45) is 0 Å². The molecule has 0 N–H and O–H groups in total. The molecule has 6 nitrogen and oxygen atoms in total. The van der Waals surface area contributed by atoms with Crippen LogP contribution in [0.1, 0.15) is 33.9 Å². The zero-order valence-electron chi connectivity index (χ0n) is 13.7. The van der Waals surface area contributed by atoms with Crippen LogP contribution in [0.2, 0.25) is 0 Å². The van der Waals surface area contributed by atoms with Crippen LogP contribution >= 0.6 is 11.3 Å². The highest BCUT2D eigenvalue weighted by atomic mass is 32.2. The number of aromatic nitrogens is 1. The van der Waals surface area contributed by atoms with Gasteiger partial charge in [-0.25, -0.2) is 18.2 Å². The minimum absolute atomic E-state index is 0.00380. The SMILES string of the molecule is COC(=O)c1csc(CN(C2CC2)S(=O)(=O)/C=C/c2ccccc2)n1. The molecule has 1 aliphatic rings. The Balaban J connectivity index is 1.77. The number of esters is 1. The van der Waals surface area contributed by atoms with Gasteiger partial charge in [-0.3, -0.25) is 0 Å². The summed E-state index contributed by atoms with van der Waals surface area (Å²) in [5, 5.41) is 3.39. The zero-order chi connectivity index (χ0) is 17.9. The molecule has 0 atom stereocenters. The molecule has 132 valence electrons. The fourth-order valence-corrected chi connectivity index (χ4v) is 4.57. The van der Waals surface area contributed by atoms with Crippen LogP contribution in [0.4, 0.5) is 0 Å². The number of hydrogen-bond acceptors (Lipinski definition) is 6. The van der Waals surface area contributed by atoms with Gasteiger partial charge in [0, 0.05) is 16.8 Å². The molecule has 0 radical (unpaired) electrons. The summed E-state index contributed by atoms with van der Waals surface area (Å²) in [4.78, 5) is 15.7.